The summed E-state index contributed by atoms with van der Waals surface area (Å²) in [5, 5.41) is 11.7. The van der Waals surface area contributed by atoms with Gasteiger partial charge in [0.2, 0.25) is 0 Å². The van der Waals surface area contributed by atoms with Gasteiger partial charge in [-0.15, -0.1) is 10.2 Å². The van der Waals surface area contributed by atoms with Crippen LogP contribution in [0.5, 0.6) is 0 Å². The maximum atomic E-state index is 4.18. The largest absolute Gasteiger partial charge is 0.310 e. The molecule has 1 aromatic heterocycles. The number of nitrogens with one attached hydrogen (secondary N) is 1. The zero-order valence-corrected chi connectivity index (χ0v) is 15.5. The first-order valence-corrected chi connectivity index (χ1v) is 9.87. The van der Waals surface area contributed by atoms with E-state index in [0.717, 1.165) is 19.7 Å². The van der Waals surface area contributed by atoms with Crippen molar-refractivity contribution in [1.29, 1.82) is 0 Å². The minimum Gasteiger partial charge on any atom is -0.310 e. The number of rotatable bonds is 6. The molecule has 20 heavy (non-hydrogen) atoms. The van der Waals surface area contributed by atoms with E-state index >= 15 is 0 Å². The van der Waals surface area contributed by atoms with Crippen molar-refractivity contribution in [2.45, 2.75) is 33.5 Å². The van der Waals surface area contributed by atoms with Crippen LogP contribution in [0.25, 0.3) is 0 Å². The van der Waals surface area contributed by atoms with Gasteiger partial charge in [0.1, 0.15) is 0 Å². The SMILES string of the molecule is CCNC(C)c1ccc(Sc2nnc(SC)s2)cc1Br. The maximum Gasteiger partial charge on any atom is 0.179 e. The van der Waals surface area contributed by atoms with Gasteiger partial charge in [-0.2, -0.15) is 0 Å². The number of benzene rings is 1. The van der Waals surface area contributed by atoms with Crippen molar-refractivity contribution in [2.24, 2.45) is 0 Å². The van der Waals surface area contributed by atoms with Crippen LogP contribution in [-0.2, 0) is 0 Å². The third-order valence-corrected chi connectivity index (χ3v) is 6.34. The molecule has 108 valence electrons. The van der Waals surface area contributed by atoms with E-state index in [1.54, 1.807) is 34.9 Å². The molecular formula is C13H16BrN3S3. The number of aromatic nitrogens is 2. The molecule has 0 saturated heterocycles. The van der Waals surface area contributed by atoms with Crippen LogP contribution in [0.4, 0.5) is 0 Å². The molecule has 0 bridgehead atoms. The van der Waals surface area contributed by atoms with Crippen molar-refractivity contribution in [2.75, 3.05) is 12.8 Å². The zero-order valence-electron chi connectivity index (χ0n) is 11.5. The summed E-state index contributed by atoms with van der Waals surface area (Å²) < 4.78 is 3.11. The van der Waals surface area contributed by atoms with Crippen molar-refractivity contribution in [3.05, 3.63) is 28.2 Å². The van der Waals surface area contributed by atoms with E-state index in [1.165, 1.54) is 10.5 Å². The van der Waals surface area contributed by atoms with Gasteiger partial charge >= 0.3 is 0 Å². The summed E-state index contributed by atoms with van der Waals surface area (Å²) in [5.74, 6) is 0. The maximum absolute atomic E-state index is 4.18. The van der Waals surface area contributed by atoms with Crippen LogP contribution in [0.3, 0.4) is 0 Å². The summed E-state index contributed by atoms with van der Waals surface area (Å²) in [4.78, 5) is 1.17. The van der Waals surface area contributed by atoms with E-state index in [0.29, 0.717) is 6.04 Å². The van der Waals surface area contributed by atoms with Gasteiger partial charge in [0, 0.05) is 15.4 Å². The van der Waals surface area contributed by atoms with Crippen LogP contribution in [-0.4, -0.2) is 23.0 Å². The van der Waals surface area contributed by atoms with Crippen molar-refractivity contribution >= 4 is 50.8 Å². The molecule has 0 aliphatic rings. The summed E-state index contributed by atoms with van der Waals surface area (Å²) >= 11 is 8.57. The van der Waals surface area contributed by atoms with Crippen LogP contribution < -0.4 is 5.32 Å². The number of halogens is 1. The molecule has 1 atom stereocenters. The highest BCUT2D eigenvalue weighted by Gasteiger charge is 2.10. The van der Waals surface area contributed by atoms with Crippen LogP contribution in [0.15, 0.2) is 36.2 Å². The monoisotopic (exact) mass is 389 g/mol. The molecule has 0 spiro atoms. The third-order valence-electron chi connectivity index (χ3n) is 2.72. The Bertz CT molecular complexity index is 574. The van der Waals surface area contributed by atoms with Gasteiger partial charge in [-0.1, -0.05) is 63.8 Å². The van der Waals surface area contributed by atoms with E-state index in [4.69, 9.17) is 0 Å². The highest BCUT2D eigenvalue weighted by Crippen LogP contribution is 2.35. The molecule has 2 aromatic rings. The minimum atomic E-state index is 0.345. The molecule has 1 aromatic carbocycles. The van der Waals surface area contributed by atoms with E-state index in [-0.39, 0.29) is 0 Å². The van der Waals surface area contributed by atoms with Crippen molar-refractivity contribution in [3.63, 3.8) is 0 Å². The molecule has 0 amide bonds. The van der Waals surface area contributed by atoms with Gasteiger partial charge in [0.05, 0.1) is 0 Å². The number of hydrogen-bond donors (Lipinski definition) is 1. The first-order valence-electron chi connectivity index (χ1n) is 6.22. The topological polar surface area (TPSA) is 37.8 Å². The molecule has 0 aliphatic heterocycles. The Kier molecular flexibility index (Phi) is 6.35. The second-order valence-electron chi connectivity index (χ2n) is 4.10. The van der Waals surface area contributed by atoms with Gasteiger partial charge < -0.3 is 5.32 Å². The van der Waals surface area contributed by atoms with Crippen LogP contribution in [0, 0.1) is 0 Å². The molecule has 0 radical (unpaired) electrons. The Morgan fingerprint density at radius 2 is 2.10 bits per heavy atom. The average molecular weight is 390 g/mol. The van der Waals surface area contributed by atoms with E-state index in [9.17, 15) is 0 Å². The fourth-order valence-corrected chi connectivity index (χ4v) is 5.09. The molecule has 3 nitrogen and oxygen atoms in total. The quantitative estimate of drug-likeness (QED) is 0.714. The summed E-state index contributed by atoms with van der Waals surface area (Å²) in [7, 11) is 0. The lowest BCUT2D eigenvalue weighted by molar-refractivity contribution is 0.595. The number of thioether (sulfide) groups is 1. The fourth-order valence-electron chi connectivity index (χ4n) is 1.76. The predicted molar refractivity (Wildman–Crippen MR) is 92.0 cm³/mol. The fraction of sp³-hybridized carbons (Fsp3) is 0.385. The van der Waals surface area contributed by atoms with Crippen molar-refractivity contribution < 1.29 is 0 Å². The molecule has 0 saturated carbocycles. The molecule has 1 heterocycles. The van der Waals surface area contributed by atoms with Gasteiger partial charge in [-0.25, -0.2) is 0 Å². The Hall–Kier alpha value is -0.0800. The Labute approximate surface area is 140 Å². The predicted octanol–water partition coefficient (Wildman–Crippen LogP) is 4.84. The van der Waals surface area contributed by atoms with Gasteiger partial charge in [0.25, 0.3) is 0 Å². The van der Waals surface area contributed by atoms with Crippen LogP contribution >= 0.6 is 50.8 Å². The van der Waals surface area contributed by atoms with Crippen molar-refractivity contribution in [1.82, 2.24) is 15.5 Å². The average Bonchev–Trinajstić information content (AvgIpc) is 2.86. The molecule has 2 rings (SSSR count). The first-order chi connectivity index (χ1) is 9.63. The highest BCUT2D eigenvalue weighted by molar-refractivity contribution is 9.10. The van der Waals surface area contributed by atoms with E-state index in [1.807, 2.05) is 6.26 Å². The van der Waals surface area contributed by atoms with E-state index in [2.05, 4.69) is 63.5 Å². The van der Waals surface area contributed by atoms with Crippen molar-refractivity contribution in [3.8, 4) is 0 Å². The molecule has 0 fully saturated rings. The number of nitrogens with zero attached hydrogens (tertiary/aromatic N) is 2. The lowest BCUT2D eigenvalue weighted by atomic mass is 10.1. The Balaban J connectivity index is 2.12. The first kappa shape index (κ1) is 16.3. The van der Waals surface area contributed by atoms with Gasteiger partial charge in [-0.05, 0) is 37.4 Å². The van der Waals surface area contributed by atoms with Gasteiger partial charge in [-0.3, -0.25) is 0 Å². The Morgan fingerprint density at radius 3 is 2.70 bits per heavy atom. The molecule has 0 aliphatic carbocycles. The summed E-state index contributed by atoms with van der Waals surface area (Å²) in [6.07, 6.45) is 2.02. The van der Waals surface area contributed by atoms with E-state index < -0.39 is 0 Å². The third kappa shape index (κ3) is 4.21. The Morgan fingerprint density at radius 1 is 1.35 bits per heavy atom. The summed E-state index contributed by atoms with van der Waals surface area (Å²) in [6.45, 7) is 5.26. The second kappa shape index (κ2) is 7.79. The highest BCUT2D eigenvalue weighted by atomic mass is 79.9. The second-order valence-corrected chi connectivity index (χ2v) is 8.31. The summed E-state index contributed by atoms with van der Waals surface area (Å²) in [6, 6.07) is 6.79. The molecule has 1 unspecified atom stereocenters. The normalized spacial score (nSPS) is 12.6. The molecule has 7 heteroatoms. The smallest absolute Gasteiger partial charge is 0.179 e. The van der Waals surface area contributed by atoms with Gasteiger partial charge in [0.15, 0.2) is 8.68 Å². The zero-order chi connectivity index (χ0) is 14.5. The number of hydrogen-bond acceptors (Lipinski definition) is 6. The lowest BCUT2D eigenvalue weighted by Gasteiger charge is -2.15. The molecule has 1 N–H and O–H groups in total. The summed E-state index contributed by atoms with van der Waals surface area (Å²) in [5.41, 5.74) is 1.28. The standard InChI is InChI=1S/C13H16BrN3S3/c1-4-15-8(2)10-6-5-9(7-11(10)14)19-13-17-16-12(18-3)20-13/h5-8,15H,4H2,1-3H3. The molecular weight excluding hydrogens is 374 g/mol. The lowest BCUT2D eigenvalue weighted by Crippen LogP contribution is -2.17. The van der Waals surface area contributed by atoms with Crippen LogP contribution in [0.2, 0.25) is 0 Å². The van der Waals surface area contributed by atoms with Crippen LogP contribution in [0.1, 0.15) is 25.5 Å². The minimum absolute atomic E-state index is 0.345.